The maximum absolute atomic E-state index is 12.1. The number of carboxylic acid groups (broad SMARTS) is 1. The molecule has 0 aromatic heterocycles. The zero-order valence-electron chi connectivity index (χ0n) is 10.4. The summed E-state index contributed by atoms with van der Waals surface area (Å²) in [6.45, 7) is 0.340. The van der Waals surface area contributed by atoms with Gasteiger partial charge < -0.3 is 10.4 Å². The molecular formula is C14H19NO3. The van der Waals surface area contributed by atoms with Gasteiger partial charge in [0, 0.05) is 12.5 Å². The monoisotopic (exact) mass is 249 g/mol. The van der Waals surface area contributed by atoms with E-state index in [2.05, 4.69) is 5.32 Å². The molecule has 4 unspecified atom stereocenters. The SMILES string of the molecule is O=C(NCC1(C(=O)O)CC1)C1C2C3CCC(C3)C12. The van der Waals surface area contributed by atoms with Crippen LogP contribution in [0.3, 0.4) is 0 Å². The Labute approximate surface area is 106 Å². The van der Waals surface area contributed by atoms with E-state index in [1.807, 2.05) is 0 Å². The van der Waals surface area contributed by atoms with Crippen molar-refractivity contribution in [1.29, 1.82) is 0 Å². The molecule has 0 saturated heterocycles. The van der Waals surface area contributed by atoms with Crippen molar-refractivity contribution in [3.05, 3.63) is 0 Å². The first-order chi connectivity index (χ1) is 8.62. The summed E-state index contributed by atoms with van der Waals surface area (Å²) in [5.74, 6) is 2.48. The lowest BCUT2D eigenvalue weighted by atomic mass is 10.0. The molecule has 2 bridgehead atoms. The van der Waals surface area contributed by atoms with E-state index in [0.717, 1.165) is 11.8 Å². The van der Waals surface area contributed by atoms with Crippen molar-refractivity contribution in [2.45, 2.75) is 32.1 Å². The molecule has 0 heterocycles. The summed E-state index contributed by atoms with van der Waals surface area (Å²) in [4.78, 5) is 23.2. The molecule has 1 amide bonds. The Morgan fingerprint density at radius 2 is 1.78 bits per heavy atom. The molecule has 4 nitrogen and oxygen atoms in total. The summed E-state index contributed by atoms with van der Waals surface area (Å²) < 4.78 is 0. The summed E-state index contributed by atoms with van der Waals surface area (Å²) in [6, 6.07) is 0. The molecule has 0 aromatic rings. The third-order valence-electron chi connectivity index (χ3n) is 5.95. The average molecular weight is 249 g/mol. The van der Waals surface area contributed by atoms with Gasteiger partial charge >= 0.3 is 5.97 Å². The molecule has 0 aromatic carbocycles. The lowest BCUT2D eigenvalue weighted by Crippen LogP contribution is -2.36. The van der Waals surface area contributed by atoms with Crippen LogP contribution in [0.5, 0.6) is 0 Å². The second kappa shape index (κ2) is 3.28. The minimum absolute atomic E-state index is 0.133. The predicted octanol–water partition coefficient (Wildman–Crippen LogP) is 1.26. The second-order valence-electron chi connectivity index (χ2n) is 6.82. The number of fused-ring (bicyclic) bond motifs is 5. The summed E-state index contributed by atoms with van der Waals surface area (Å²) >= 11 is 0. The number of carbonyl (C=O) groups is 2. The molecule has 98 valence electrons. The highest BCUT2D eigenvalue weighted by atomic mass is 16.4. The Kier molecular flexibility index (Phi) is 1.97. The van der Waals surface area contributed by atoms with Crippen LogP contribution in [0.4, 0.5) is 0 Å². The van der Waals surface area contributed by atoms with Crippen LogP contribution in [0.2, 0.25) is 0 Å². The second-order valence-corrected chi connectivity index (χ2v) is 6.82. The molecule has 4 aliphatic rings. The lowest BCUT2D eigenvalue weighted by molar-refractivity contribution is -0.143. The molecular weight excluding hydrogens is 230 g/mol. The smallest absolute Gasteiger partial charge is 0.311 e. The van der Waals surface area contributed by atoms with E-state index in [4.69, 9.17) is 5.11 Å². The lowest BCUT2D eigenvalue weighted by Gasteiger charge is -2.13. The van der Waals surface area contributed by atoms with Gasteiger partial charge in [0.2, 0.25) is 5.91 Å². The first-order valence-electron chi connectivity index (χ1n) is 7.13. The number of hydrogen-bond acceptors (Lipinski definition) is 2. The first kappa shape index (κ1) is 10.8. The molecule has 18 heavy (non-hydrogen) atoms. The van der Waals surface area contributed by atoms with Gasteiger partial charge in [0.25, 0.3) is 0 Å². The Morgan fingerprint density at radius 1 is 1.17 bits per heavy atom. The number of amides is 1. The molecule has 0 radical (unpaired) electrons. The fourth-order valence-electron chi connectivity index (χ4n) is 4.67. The zero-order chi connectivity index (χ0) is 12.5. The van der Waals surface area contributed by atoms with Crippen molar-refractivity contribution in [1.82, 2.24) is 5.32 Å². The highest BCUT2D eigenvalue weighted by molar-refractivity contribution is 5.84. The van der Waals surface area contributed by atoms with Crippen LogP contribution < -0.4 is 5.32 Å². The van der Waals surface area contributed by atoms with Crippen LogP contribution in [-0.2, 0) is 9.59 Å². The van der Waals surface area contributed by atoms with Crippen molar-refractivity contribution in [2.75, 3.05) is 6.54 Å². The number of nitrogens with one attached hydrogen (secondary N) is 1. The summed E-state index contributed by atoms with van der Waals surface area (Å²) in [7, 11) is 0. The minimum atomic E-state index is -0.751. The molecule has 4 atom stereocenters. The molecule has 4 fully saturated rings. The van der Waals surface area contributed by atoms with Crippen LogP contribution in [-0.4, -0.2) is 23.5 Å². The first-order valence-corrected chi connectivity index (χ1v) is 7.13. The van der Waals surface area contributed by atoms with Crippen molar-refractivity contribution in [3.63, 3.8) is 0 Å². The van der Waals surface area contributed by atoms with Crippen LogP contribution in [0.15, 0.2) is 0 Å². The van der Waals surface area contributed by atoms with Crippen LogP contribution in [0.1, 0.15) is 32.1 Å². The van der Waals surface area contributed by atoms with Crippen molar-refractivity contribution >= 4 is 11.9 Å². The normalized spacial score (nSPS) is 45.4. The zero-order valence-corrected chi connectivity index (χ0v) is 10.4. The number of carbonyl (C=O) groups excluding carboxylic acids is 1. The number of hydrogen-bond donors (Lipinski definition) is 2. The van der Waals surface area contributed by atoms with E-state index in [1.165, 1.54) is 19.3 Å². The molecule has 4 heteroatoms. The fraction of sp³-hybridized carbons (Fsp3) is 0.857. The van der Waals surface area contributed by atoms with Crippen molar-refractivity contribution < 1.29 is 14.7 Å². The Hall–Kier alpha value is -1.06. The molecule has 2 N–H and O–H groups in total. The van der Waals surface area contributed by atoms with Gasteiger partial charge in [-0.1, -0.05) is 0 Å². The largest absolute Gasteiger partial charge is 0.481 e. The summed E-state index contributed by atoms with van der Waals surface area (Å²) in [6.07, 6.45) is 5.40. The van der Waals surface area contributed by atoms with Gasteiger partial charge in [-0.05, 0) is 55.8 Å². The van der Waals surface area contributed by atoms with E-state index in [-0.39, 0.29) is 11.8 Å². The van der Waals surface area contributed by atoms with Crippen LogP contribution >= 0.6 is 0 Å². The maximum atomic E-state index is 12.1. The minimum Gasteiger partial charge on any atom is -0.481 e. The van der Waals surface area contributed by atoms with Gasteiger partial charge in [0.05, 0.1) is 5.41 Å². The molecule has 0 spiro atoms. The highest BCUT2D eigenvalue weighted by Crippen LogP contribution is 2.69. The quantitative estimate of drug-likeness (QED) is 0.788. The molecule has 0 aliphatic heterocycles. The molecule has 4 rings (SSSR count). The van der Waals surface area contributed by atoms with Gasteiger partial charge in [0.15, 0.2) is 0 Å². The van der Waals surface area contributed by atoms with Gasteiger partial charge in [-0.3, -0.25) is 9.59 Å². The summed E-state index contributed by atoms with van der Waals surface area (Å²) in [5, 5.41) is 12.0. The number of carboxylic acids is 1. The van der Waals surface area contributed by atoms with Gasteiger partial charge in [0.1, 0.15) is 0 Å². The van der Waals surface area contributed by atoms with Crippen LogP contribution in [0, 0.1) is 35.0 Å². The number of aliphatic carboxylic acids is 1. The standard InChI is InChI=1S/C14H19NO3/c16-12(15-6-14(3-4-14)13(17)18)11-9-7-1-2-8(5-7)10(9)11/h7-11H,1-6H2,(H,15,16)(H,17,18). The van der Waals surface area contributed by atoms with E-state index in [0.29, 0.717) is 31.2 Å². The van der Waals surface area contributed by atoms with Gasteiger partial charge in [-0.2, -0.15) is 0 Å². The highest BCUT2D eigenvalue weighted by Gasteiger charge is 2.67. The topological polar surface area (TPSA) is 66.4 Å². The predicted molar refractivity (Wildman–Crippen MR) is 63.6 cm³/mol. The third-order valence-corrected chi connectivity index (χ3v) is 5.95. The fourth-order valence-corrected chi connectivity index (χ4v) is 4.67. The average Bonchev–Trinajstić information content (AvgIpc) is 3.23. The van der Waals surface area contributed by atoms with Crippen molar-refractivity contribution in [2.24, 2.45) is 35.0 Å². The van der Waals surface area contributed by atoms with Gasteiger partial charge in [-0.15, -0.1) is 0 Å². The maximum Gasteiger partial charge on any atom is 0.311 e. The molecule has 4 saturated carbocycles. The Morgan fingerprint density at radius 3 is 2.28 bits per heavy atom. The van der Waals surface area contributed by atoms with E-state index in [9.17, 15) is 9.59 Å². The third kappa shape index (κ3) is 1.32. The Bertz CT molecular complexity index is 413. The van der Waals surface area contributed by atoms with E-state index < -0.39 is 11.4 Å². The molecule has 4 aliphatic carbocycles. The van der Waals surface area contributed by atoms with Gasteiger partial charge in [-0.25, -0.2) is 0 Å². The summed E-state index contributed by atoms with van der Waals surface area (Å²) in [5.41, 5.74) is -0.626. The van der Waals surface area contributed by atoms with E-state index in [1.54, 1.807) is 0 Å². The van der Waals surface area contributed by atoms with E-state index >= 15 is 0 Å². The number of rotatable bonds is 4. The van der Waals surface area contributed by atoms with Crippen LogP contribution in [0.25, 0.3) is 0 Å². The van der Waals surface area contributed by atoms with Crippen molar-refractivity contribution in [3.8, 4) is 0 Å². The Balaban J connectivity index is 1.35.